The van der Waals surface area contributed by atoms with Crippen LogP contribution in [0.3, 0.4) is 0 Å². The zero-order valence-corrected chi connectivity index (χ0v) is 13.4. The summed E-state index contributed by atoms with van der Waals surface area (Å²) >= 11 is 0. The van der Waals surface area contributed by atoms with Gasteiger partial charge in [-0.1, -0.05) is 59.7 Å². The average Bonchev–Trinajstić information content (AvgIpc) is 2.52. The highest BCUT2D eigenvalue weighted by molar-refractivity contribution is 5.36. The van der Waals surface area contributed by atoms with Gasteiger partial charge in [0.25, 0.3) is 0 Å². The van der Waals surface area contributed by atoms with Crippen LogP contribution in [0, 0.1) is 26.2 Å². The number of aliphatic hydroxyl groups excluding tert-OH is 1. The van der Waals surface area contributed by atoms with Gasteiger partial charge in [-0.2, -0.15) is 0 Å². The minimum absolute atomic E-state index is 0.000950. The van der Waals surface area contributed by atoms with Crippen molar-refractivity contribution in [2.45, 2.75) is 45.1 Å². The lowest BCUT2D eigenvalue weighted by molar-refractivity contribution is 0.144. The van der Waals surface area contributed by atoms with Crippen molar-refractivity contribution in [3.63, 3.8) is 0 Å². The minimum Gasteiger partial charge on any atom is -0.392 e. The monoisotopic (exact) mass is 292 g/mol. The average molecular weight is 292 g/mol. The Hall–Kier alpha value is -2.04. The van der Waals surface area contributed by atoms with E-state index in [4.69, 9.17) is 6.42 Å². The molecule has 0 bridgehead atoms. The van der Waals surface area contributed by atoms with E-state index in [0.29, 0.717) is 6.42 Å². The van der Waals surface area contributed by atoms with Gasteiger partial charge in [-0.05, 0) is 37.8 Å². The van der Waals surface area contributed by atoms with Gasteiger partial charge in [0.15, 0.2) is 0 Å². The van der Waals surface area contributed by atoms with Crippen LogP contribution >= 0.6 is 0 Å². The number of hydrogen-bond donors (Lipinski definition) is 1. The molecule has 0 heterocycles. The first-order valence-electron chi connectivity index (χ1n) is 7.86. The minimum atomic E-state index is -0.418. The van der Waals surface area contributed by atoms with Crippen molar-refractivity contribution >= 4 is 0 Å². The van der Waals surface area contributed by atoms with Gasteiger partial charge < -0.3 is 5.11 Å². The molecular weight excluding hydrogens is 268 g/mol. The molecule has 0 aromatic heterocycles. The molecule has 0 fully saturated rings. The molecule has 1 atom stereocenters. The topological polar surface area (TPSA) is 20.2 Å². The Balaban J connectivity index is 2.29. The maximum absolute atomic E-state index is 10.7. The Morgan fingerprint density at radius 2 is 1.36 bits per heavy atom. The van der Waals surface area contributed by atoms with Gasteiger partial charge in [0.05, 0.1) is 6.10 Å². The Morgan fingerprint density at radius 3 is 1.77 bits per heavy atom. The first kappa shape index (κ1) is 16.3. The molecule has 0 aliphatic carbocycles. The zero-order valence-electron chi connectivity index (χ0n) is 13.4. The molecular formula is C21H24O. The molecule has 2 aromatic carbocycles. The van der Waals surface area contributed by atoms with Crippen molar-refractivity contribution in [2.24, 2.45) is 0 Å². The number of terminal acetylenes is 1. The lowest BCUT2D eigenvalue weighted by atomic mass is 9.84. The summed E-state index contributed by atoms with van der Waals surface area (Å²) in [5.41, 5.74) is 4.77. The predicted octanol–water partition coefficient (Wildman–Crippen LogP) is 4.60. The van der Waals surface area contributed by atoms with Crippen LogP contribution < -0.4 is 0 Å². The van der Waals surface area contributed by atoms with Gasteiger partial charge >= 0.3 is 0 Å². The molecule has 2 rings (SSSR count). The number of benzene rings is 2. The molecule has 22 heavy (non-hydrogen) atoms. The number of rotatable bonds is 6. The second kappa shape index (κ2) is 7.82. The SMILES string of the molecule is C#CCCCC(O)C(c1ccc(C)cc1)c1ccc(C)cc1. The van der Waals surface area contributed by atoms with Gasteiger partial charge in [-0.25, -0.2) is 0 Å². The van der Waals surface area contributed by atoms with Gasteiger partial charge in [0.1, 0.15) is 0 Å². The lowest BCUT2D eigenvalue weighted by Gasteiger charge is -2.24. The van der Waals surface area contributed by atoms with Crippen molar-refractivity contribution in [1.82, 2.24) is 0 Å². The molecule has 2 aromatic rings. The van der Waals surface area contributed by atoms with E-state index in [2.05, 4.69) is 68.3 Å². The maximum Gasteiger partial charge on any atom is 0.0649 e. The van der Waals surface area contributed by atoms with Crippen molar-refractivity contribution in [3.05, 3.63) is 70.8 Å². The standard InChI is InChI=1S/C21H24O/c1-4-5-6-7-20(22)21(18-12-8-16(2)9-13-18)19-14-10-17(3)11-15-19/h1,8-15,20-22H,5-7H2,2-3H3. The third-order valence-corrected chi connectivity index (χ3v) is 4.08. The van der Waals surface area contributed by atoms with Gasteiger partial charge in [0.2, 0.25) is 0 Å². The second-order valence-electron chi connectivity index (χ2n) is 5.96. The quantitative estimate of drug-likeness (QED) is 0.609. The van der Waals surface area contributed by atoms with Crippen LogP contribution in [0.4, 0.5) is 0 Å². The van der Waals surface area contributed by atoms with Crippen LogP contribution in [-0.2, 0) is 0 Å². The zero-order chi connectivity index (χ0) is 15.9. The smallest absolute Gasteiger partial charge is 0.0649 e. The maximum atomic E-state index is 10.7. The number of aryl methyl sites for hydroxylation is 2. The van der Waals surface area contributed by atoms with E-state index in [-0.39, 0.29) is 5.92 Å². The molecule has 114 valence electrons. The third-order valence-electron chi connectivity index (χ3n) is 4.08. The molecule has 0 saturated carbocycles. The number of unbranched alkanes of at least 4 members (excludes halogenated alkanes) is 1. The van der Waals surface area contributed by atoms with E-state index in [1.54, 1.807) is 0 Å². The Kier molecular flexibility index (Phi) is 5.81. The van der Waals surface area contributed by atoms with E-state index >= 15 is 0 Å². The van der Waals surface area contributed by atoms with E-state index < -0.39 is 6.10 Å². The fourth-order valence-corrected chi connectivity index (χ4v) is 2.76. The highest BCUT2D eigenvalue weighted by atomic mass is 16.3. The molecule has 1 heteroatoms. The summed E-state index contributed by atoms with van der Waals surface area (Å²) in [6.45, 7) is 4.15. The van der Waals surface area contributed by atoms with Gasteiger partial charge in [-0.15, -0.1) is 12.3 Å². The van der Waals surface area contributed by atoms with Crippen molar-refractivity contribution in [3.8, 4) is 12.3 Å². The van der Waals surface area contributed by atoms with E-state index in [9.17, 15) is 5.11 Å². The predicted molar refractivity (Wildman–Crippen MR) is 92.9 cm³/mol. The molecule has 0 aliphatic heterocycles. The highest BCUT2D eigenvalue weighted by Crippen LogP contribution is 2.31. The van der Waals surface area contributed by atoms with Crippen LogP contribution in [0.1, 0.15) is 47.4 Å². The highest BCUT2D eigenvalue weighted by Gasteiger charge is 2.22. The van der Waals surface area contributed by atoms with E-state index in [0.717, 1.165) is 24.0 Å². The normalized spacial score (nSPS) is 12.1. The van der Waals surface area contributed by atoms with Gasteiger partial charge in [0, 0.05) is 12.3 Å². The fourth-order valence-electron chi connectivity index (χ4n) is 2.76. The van der Waals surface area contributed by atoms with E-state index in [1.165, 1.54) is 11.1 Å². The summed E-state index contributed by atoms with van der Waals surface area (Å²) in [5, 5.41) is 10.7. The van der Waals surface area contributed by atoms with Crippen molar-refractivity contribution in [1.29, 1.82) is 0 Å². The molecule has 0 amide bonds. The Bertz CT molecular complexity index is 571. The fraction of sp³-hybridized carbons (Fsp3) is 0.333. The summed E-state index contributed by atoms with van der Waals surface area (Å²) in [4.78, 5) is 0. The van der Waals surface area contributed by atoms with Crippen LogP contribution in [0.15, 0.2) is 48.5 Å². The summed E-state index contributed by atoms with van der Waals surface area (Å²) in [6.07, 6.45) is 7.18. The molecule has 0 aliphatic rings. The van der Waals surface area contributed by atoms with Crippen LogP contribution in [0.5, 0.6) is 0 Å². The summed E-state index contributed by atoms with van der Waals surface area (Å²) in [6, 6.07) is 16.9. The van der Waals surface area contributed by atoms with Crippen LogP contribution in [0.25, 0.3) is 0 Å². The van der Waals surface area contributed by atoms with Crippen molar-refractivity contribution < 1.29 is 5.11 Å². The third kappa shape index (κ3) is 4.23. The molecule has 1 N–H and O–H groups in total. The van der Waals surface area contributed by atoms with E-state index in [1.807, 2.05) is 0 Å². The molecule has 0 saturated heterocycles. The van der Waals surface area contributed by atoms with Gasteiger partial charge in [-0.3, -0.25) is 0 Å². The Labute approximate surface area is 134 Å². The summed E-state index contributed by atoms with van der Waals surface area (Å²) in [7, 11) is 0. The summed E-state index contributed by atoms with van der Waals surface area (Å²) < 4.78 is 0. The molecule has 1 nitrogen and oxygen atoms in total. The van der Waals surface area contributed by atoms with Crippen molar-refractivity contribution in [2.75, 3.05) is 0 Å². The first-order chi connectivity index (χ1) is 10.6. The Morgan fingerprint density at radius 1 is 0.909 bits per heavy atom. The largest absolute Gasteiger partial charge is 0.392 e. The van der Waals surface area contributed by atoms with Crippen LogP contribution in [-0.4, -0.2) is 11.2 Å². The molecule has 0 spiro atoms. The second-order valence-corrected chi connectivity index (χ2v) is 5.96. The molecule has 0 radical (unpaired) electrons. The number of hydrogen-bond acceptors (Lipinski definition) is 1. The first-order valence-corrected chi connectivity index (χ1v) is 7.86. The summed E-state index contributed by atoms with van der Waals surface area (Å²) in [5.74, 6) is 2.64. The lowest BCUT2D eigenvalue weighted by Crippen LogP contribution is -2.20. The van der Waals surface area contributed by atoms with Crippen LogP contribution in [0.2, 0.25) is 0 Å². The number of aliphatic hydroxyl groups is 1. The molecule has 1 unspecified atom stereocenters.